The Balaban J connectivity index is 1.59. The van der Waals surface area contributed by atoms with Crippen molar-refractivity contribution in [1.29, 1.82) is 0 Å². The number of carbonyl (C=O) groups is 2. The predicted octanol–water partition coefficient (Wildman–Crippen LogP) is 45.0. The van der Waals surface area contributed by atoms with E-state index in [2.05, 4.69) is 13.8 Å². The molecule has 0 aliphatic carbocycles. The van der Waals surface area contributed by atoms with Gasteiger partial charge in [0.2, 0.25) is 11.8 Å². The zero-order valence-corrected chi connectivity index (χ0v) is 88.3. The second-order valence-corrected chi connectivity index (χ2v) is 44.5. The van der Waals surface area contributed by atoms with E-state index in [1.165, 1.54) is 711 Å². The molecule has 0 aromatic carbocycles. The maximum atomic E-state index is 12.5. The predicted molar refractivity (Wildman–Crippen MR) is 571 cm³/mol. The van der Waals surface area contributed by atoms with Gasteiger partial charge < -0.3 is 0 Å². The standard InChI is InChI=1S/C121H239NO2S/c1-4-6-7-8-9-10-11-12-13-14-15-16-17-18-19-20-21-22-23-24-25-26-27-28-29-30-31-32-33-34-35-36-37-38-39-40-41-42-43-44-45-46-47-48-49-50-51-52-53-54-55-56-57-58-59-60-61-62-63-64-65-66-67-68-69-70-71-72-73-74-75-76-77-78-79-80-81-82-83-84-85-86-87-88-89-90-91-92-93-94-95-96-97-98-99-100-101-102-103-104-105-106-107-108-109-110-111-112-113-114-115-118(3)125-119-117-120(123)122(116-5-2)121(119)124/h118-119H,4-117H2,1-3H3. The van der Waals surface area contributed by atoms with E-state index in [0.717, 1.165) is 12.8 Å². The normalized spacial score (nSPS) is 13.4. The first-order chi connectivity index (χ1) is 62.1. The third kappa shape index (κ3) is 101. The Bertz CT molecular complexity index is 1900. The van der Waals surface area contributed by atoms with E-state index < -0.39 is 0 Å². The summed E-state index contributed by atoms with van der Waals surface area (Å²) in [5.74, 6) is 0.0919. The molecule has 1 rings (SSSR count). The van der Waals surface area contributed by atoms with Crippen LogP contribution in [0.15, 0.2) is 0 Å². The minimum absolute atomic E-state index is 0.0334. The quantitative estimate of drug-likeness (QED) is 0.0450. The number of hydrogen-bond acceptors (Lipinski definition) is 3. The Labute approximate surface area is 796 Å². The maximum Gasteiger partial charge on any atom is 0.242 e. The zero-order chi connectivity index (χ0) is 89.2. The summed E-state index contributed by atoms with van der Waals surface area (Å²) in [5, 5.41) is 0.327. The Morgan fingerprint density at radius 1 is 0.184 bits per heavy atom. The number of amides is 2. The van der Waals surface area contributed by atoms with Crippen LogP contribution >= 0.6 is 11.8 Å². The van der Waals surface area contributed by atoms with Crippen LogP contribution in [0.4, 0.5) is 0 Å². The van der Waals surface area contributed by atoms with Crippen molar-refractivity contribution in [3.8, 4) is 0 Å². The molecular formula is C121H239NO2S. The van der Waals surface area contributed by atoms with Gasteiger partial charge in [-0.3, -0.25) is 14.5 Å². The Morgan fingerprint density at radius 2 is 0.296 bits per heavy atom. The van der Waals surface area contributed by atoms with Crippen LogP contribution in [-0.2, 0) is 9.59 Å². The van der Waals surface area contributed by atoms with Crippen LogP contribution in [0.5, 0.6) is 0 Å². The third-order valence-electron chi connectivity index (χ3n) is 30.0. The van der Waals surface area contributed by atoms with Gasteiger partial charge in [-0.2, -0.15) is 0 Å². The fraction of sp³-hybridized carbons (Fsp3) is 0.983. The number of likely N-dealkylation sites (tertiary alicyclic amines) is 1. The molecule has 3 nitrogen and oxygen atoms in total. The molecule has 2 amide bonds. The van der Waals surface area contributed by atoms with Gasteiger partial charge in [-0.1, -0.05) is 727 Å². The molecule has 0 aromatic heterocycles. The van der Waals surface area contributed by atoms with Crippen LogP contribution < -0.4 is 0 Å². The van der Waals surface area contributed by atoms with E-state index in [0.29, 0.717) is 18.2 Å². The van der Waals surface area contributed by atoms with Gasteiger partial charge in [-0.05, 0) is 12.8 Å². The van der Waals surface area contributed by atoms with Gasteiger partial charge in [0.1, 0.15) is 0 Å². The Morgan fingerprint density at radius 3 is 0.408 bits per heavy atom. The van der Waals surface area contributed by atoms with Crippen molar-refractivity contribution in [2.45, 2.75) is 757 Å². The summed E-state index contributed by atoms with van der Waals surface area (Å²) in [6, 6.07) is 0. The van der Waals surface area contributed by atoms with Crippen molar-refractivity contribution >= 4 is 23.6 Å². The average molecular weight is 1770 g/mol. The summed E-state index contributed by atoms with van der Waals surface area (Å²) in [5.41, 5.74) is 0. The van der Waals surface area contributed by atoms with Crippen molar-refractivity contribution < 1.29 is 9.59 Å². The van der Waals surface area contributed by atoms with E-state index in [1.807, 2.05) is 6.92 Å². The SMILES string of the molecule is CCCCCCCCCCCCCCCCCCCCCCCCCCCCCCCCCCCCCCCCCCCCCCCCCCCCCCCCCCCCCCCCCCCCCCCCCCCCCCCCCCCCCCCCCCCCCCCCCCCCCCCCCCCCCCCCC(C)SC1CC(=O)N(CCC)C1=O. The van der Waals surface area contributed by atoms with Gasteiger partial charge >= 0.3 is 0 Å². The van der Waals surface area contributed by atoms with Crippen LogP contribution in [0.2, 0.25) is 0 Å². The first-order valence-corrected chi connectivity index (χ1v) is 61.5. The number of nitrogens with zero attached hydrogens (tertiary/aromatic N) is 1. The van der Waals surface area contributed by atoms with E-state index >= 15 is 0 Å². The molecule has 0 bridgehead atoms. The number of imide groups is 1. The molecule has 746 valence electrons. The van der Waals surface area contributed by atoms with Crippen molar-refractivity contribution in [2.24, 2.45) is 0 Å². The number of hydrogen-bond donors (Lipinski definition) is 0. The largest absolute Gasteiger partial charge is 0.282 e. The number of thioether (sulfide) groups is 1. The van der Waals surface area contributed by atoms with Crippen LogP contribution in [-0.4, -0.2) is 33.8 Å². The first-order valence-electron chi connectivity index (χ1n) is 60.6. The minimum Gasteiger partial charge on any atom is -0.282 e. The highest BCUT2D eigenvalue weighted by atomic mass is 32.2. The molecule has 2 unspecified atom stereocenters. The van der Waals surface area contributed by atoms with Gasteiger partial charge in [-0.15, -0.1) is 11.8 Å². The lowest BCUT2D eigenvalue weighted by atomic mass is 10.0. The van der Waals surface area contributed by atoms with Crippen LogP contribution in [0.3, 0.4) is 0 Å². The summed E-state index contributed by atoms with van der Waals surface area (Å²) >= 11 is 1.74. The van der Waals surface area contributed by atoms with Crippen molar-refractivity contribution in [3.63, 3.8) is 0 Å². The van der Waals surface area contributed by atoms with Crippen LogP contribution in [0.25, 0.3) is 0 Å². The smallest absolute Gasteiger partial charge is 0.242 e. The molecule has 1 aliphatic heterocycles. The number of carbonyl (C=O) groups excluding carboxylic acids is 2. The molecule has 0 radical (unpaired) electrons. The highest BCUT2D eigenvalue weighted by Gasteiger charge is 2.39. The molecule has 125 heavy (non-hydrogen) atoms. The summed E-state index contributed by atoms with van der Waals surface area (Å²) < 4.78 is 0. The fourth-order valence-electron chi connectivity index (χ4n) is 21.2. The van der Waals surface area contributed by atoms with Crippen molar-refractivity contribution in [1.82, 2.24) is 4.90 Å². The lowest BCUT2D eigenvalue weighted by Crippen LogP contribution is -2.32. The Hall–Kier alpha value is -0.510. The number of unbranched alkanes of at least 4 members (excludes halogenated alkanes) is 109. The number of rotatable bonds is 115. The monoisotopic (exact) mass is 1770 g/mol. The highest BCUT2D eigenvalue weighted by Crippen LogP contribution is 2.32. The van der Waals surface area contributed by atoms with Crippen LogP contribution in [0.1, 0.15) is 746 Å². The second kappa shape index (κ2) is 110. The van der Waals surface area contributed by atoms with Crippen molar-refractivity contribution in [2.75, 3.05) is 6.54 Å². The lowest BCUT2D eigenvalue weighted by molar-refractivity contribution is -0.138. The van der Waals surface area contributed by atoms with Crippen LogP contribution in [0, 0.1) is 0 Å². The summed E-state index contributed by atoms with van der Waals surface area (Å²) in [6.07, 6.45) is 165. The minimum atomic E-state index is -0.135. The third-order valence-corrected chi connectivity index (χ3v) is 31.4. The summed E-state index contributed by atoms with van der Waals surface area (Å²) in [7, 11) is 0. The molecule has 1 aliphatic rings. The first kappa shape index (κ1) is 122. The average Bonchev–Trinajstić information content (AvgIpc) is 1.69. The molecule has 1 saturated heterocycles. The van der Waals surface area contributed by atoms with Crippen molar-refractivity contribution in [3.05, 3.63) is 0 Å². The molecule has 0 aromatic rings. The zero-order valence-electron chi connectivity index (χ0n) is 87.4. The molecule has 1 fully saturated rings. The molecule has 0 spiro atoms. The van der Waals surface area contributed by atoms with E-state index in [-0.39, 0.29) is 17.1 Å². The fourth-order valence-corrected chi connectivity index (χ4v) is 22.5. The summed E-state index contributed by atoms with van der Waals surface area (Å²) in [4.78, 5) is 26.2. The second-order valence-electron chi connectivity index (χ2n) is 42.8. The molecule has 0 N–H and O–H groups in total. The maximum absolute atomic E-state index is 12.5. The topological polar surface area (TPSA) is 37.4 Å². The van der Waals surface area contributed by atoms with Gasteiger partial charge in [0.15, 0.2) is 0 Å². The molecule has 1 heterocycles. The molecule has 2 atom stereocenters. The van der Waals surface area contributed by atoms with E-state index in [1.54, 1.807) is 11.8 Å². The van der Waals surface area contributed by atoms with Gasteiger partial charge in [-0.25, -0.2) is 0 Å². The highest BCUT2D eigenvalue weighted by molar-refractivity contribution is 8.01. The van der Waals surface area contributed by atoms with Gasteiger partial charge in [0.05, 0.1) is 5.25 Å². The van der Waals surface area contributed by atoms with E-state index in [4.69, 9.17) is 0 Å². The van der Waals surface area contributed by atoms with Gasteiger partial charge in [0, 0.05) is 18.2 Å². The molecular weight excluding hydrogens is 1530 g/mol. The molecule has 0 saturated carbocycles. The lowest BCUT2D eigenvalue weighted by Gasteiger charge is -2.16. The van der Waals surface area contributed by atoms with E-state index in [9.17, 15) is 9.59 Å². The Kier molecular flexibility index (Phi) is 108. The molecule has 4 heteroatoms. The summed E-state index contributed by atoms with van der Waals surface area (Å²) in [6.45, 7) is 7.17. The van der Waals surface area contributed by atoms with Gasteiger partial charge in [0.25, 0.3) is 0 Å².